The number of halogens is 2. The highest BCUT2D eigenvalue weighted by atomic mass is 35.5. The summed E-state index contributed by atoms with van der Waals surface area (Å²) in [6.07, 6.45) is 4.77. The molecule has 0 aromatic carbocycles. The van der Waals surface area contributed by atoms with E-state index in [0.29, 0.717) is 32.2 Å². The smallest absolute Gasteiger partial charge is 0.247 e. The van der Waals surface area contributed by atoms with Gasteiger partial charge in [-0.3, -0.25) is 14.9 Å². The van der Waals surface area contributed by atoms with Crippen molar-refractivity contribution in [2.24, 2.45) is 17.8 Å². The van der Waals surface area contributed by atoms with Gasteiger partial charge < -0.3 is 14.5 Å². The standard InChI is InChI=1S/C20H31Cl2N3O3/c1-12-6-16(22)7-23-19(12)25-9-17(26)24(8-13-2-4-15(21)5-3-13)18(20(25)27)14-10-28-11-14/h12-16,18-19,23H,2-11H2,1H3/t12?,13?,15?,16?,18-,19?/m0/s1. The summed E-state index contributed by atoms with van der Waals surface area (Å²) >= 11 is 12.5. The zero-order valence-electron chi connectivity index (χ0n) is 16.5. The molecule has 158 valence electrons. The number of hydrogen-bond donors (Lipinski definition) is 1. The topological polar surface area (TPSA) is 61.9 Å². The van der Waals surface area contributed by atoms with Crippen LogP contribution in [0.15, 0.2) is 0 Å². The maximum atomic E-state index is 13.5. The van der Waals surface area contributed by atoms with Crippen LogP contribution in [0.3, 0.4) is 0 Å². The van der Waals surface area contributed by atoms with Crippen LogP contribution in [0.1, 0.15) is 39.0 Å². The van der Waals surface area contributed by atoms with Crippen LogP contribution in [0.25, 0.3) is 0 Å². The van der Waals surface area contributed by atoms with Gasteiger partial charge in [0.15, 0.2) is 0 Å². The van der Waals surface area contributed by atoms with E-state index in [4.69, 9.17) is 27.9 Å². The lowest BCUT2D eigenvalue weighted by molar-refractivity contribution is -0.172. The monoisotopic (exact) mass is 431 g/mol. The van der Waals surface area contributed by atoms with Crippen LogP contribution < -0.4 is 5.32 Å². The van der Waals surface area contributed by atoms with Crippen molar-refractivity contribution in [2.45, 2.75) is 62.0 Å². The second-order valence-corrected chi connectivity index (χ2v) is 10.3. The van der Waals surface area contributed by atoms with Crippen LogP contribution >= 0.6 is 23.2 Å². The van der Waals surface area contributed by atoms with E-state index >= 15 is 0 Å². The van der Waals surface area contributed by atoms with E-state index < -0.39 is 6.04 Å². The van der Waals surface area contributed by atoms with Crippen molar-refractivity contribution in [3.05, 3.63) is 0 Å². The number of carbonyl (C=O) groups is 2. The summed E-state index contributed by atoms with van der Waals surface area (Å²) in [6.45, 7) is 4.70. The lowest BCUT2D eigenvalue weighted by Gasteiger charge is -2.50. The number of piperazine rings is 1. The van der Waals surface area contributed by atoms with Gasteiger partial charge >= 0.3 is 0 Å². The summed E-state index contributed by atoms with van der Waals surface area (Å²) in [5.41, 5.74) is 0. The van der Waals surface area contributed by atoms with E-state index in [1.165, 1.54) is 0 Å². The molecule has 0 aromatic rings. The van der Waals surface area contributed by atoms with Crippen molar-refractivity contribution >= 4 is 35.0 Å². The molecule has 0 bridgehead atoms. The van der Waals surface area contributed by atoms with Crippen molar-refractivity contribution in [3.8, 4) is 0 Å². The van der Waals surface area contributed by atoms with E-state index in [1.807, 2.05) is 4.90 Å². The molecule has 4 atom stereocenters. The maximum absolute atomic E-state index is 13.5. The molecule has 2 amide bonds. The van der Waals surface area contributed by atoms with Gasteiger partial charge in [0.1, 0.15) is 12.6 Å². The third-order valence-electron chi connectivity index (χ3n) is 6.89. The van der Waals surface area contributed by atoms with E-state index in [9.17, 15) is 9.59 Å². The van der Waals surface area contributed by atoms with E-state index in [2.05, 4.69) is 12.2 Å². The quantitative estimate of drug-likeness (QED) is 0.691. The molecule has 28 heavy (non-hydrogen) atoms. The second-order valence-electron chi connectivity index (χ2n) is 9.04. The van der Waals surface area contributed by atoms with Crippen LogP contribution in [0.4, 0.5) is 0 Å². The largest absolute Gasteiger partial charge is 0.380 e. The molecule has 6 nitrogen and oxygen atoms in total. The first-order valence-corrected chi connectivity index (χ1v) is 11.5. The minimum atomic E-state index is -0.397. The number of piperidine rings is 1. The minimum absolute atomic E-state index is 0.0616. The fourth-order valence-corrected chi connectivity index (χ4v) is 5.80. The number of rotatable bonds is 4. The van der Waals surface area contributed by atoms with Crippen LogP contribution in [-0.4, -0.2) is 77.4 Å². The molecule has 1 aliphatic carbocycles. The fraction of sp³-hybridized carbons (Fsp3) is 0.900. The van der Waals surface area contributed by atoms with E-state index in [0.717, 1.165) is 32.1 Å². The van der Waals surface area contributed by atoms with Crippen LogP contribution in [0.5, 0.6) is 0 Å². The molecular formula is C20H31Cl2N3O3. The molecule has 4 rings (SSSR count). The van der Waals surface area contributed by atoms with Crippen molar-refractivity contribution in [1.82, 2.24) is 15.1 Å². The fourth-order valence-electron chi connectivity index (χ4n) is 5.18. The van der Waals surface area contributed by atoms with Crippen LogP contribution in [0, 0.1) is 17.8 Å². The molecule has 3 unspecified atom stereocenters. The lowest BCUT2D eigenvalue weighted by Crippen LogP contribution is -2.70. The summed E-state index contributed by atoms with van der Waals surface area (Å²) < 4.78 is 5.38. The Hall–Kier alpha value is -0.560. The Balaban J connectivity index is 1.49. The summed E-state index contributed by atoms with van der Waals surface area (Å²) in [6, 6.07) is -0.397. The third-order valence-corrected chi connectivity index (χ3v) is 7.66. The normalized spacial score (nSPS) is 40.5. The molecule has 1 N–H and O–H groups in total. The van der Waals surface area contributed by atoms with E-state index in [1.54, 1.807) is 4.90 Å². The van der Waals surface area contributed by atoms with Gasteiger partial charge in [0.2, 0.25) is 11.8 Å². The number of hydrogen-bond acceptors (Lipinski definition) is 4. The number of nitrogens with zero attached hydrogens (tertiary/aromatic N) is 2. The molecule has 8 heteroatoms. The highest BCUT2D eigenvalue weighted by Crippen LogP contribution is 2.33. The van der Waals surface area contributed by atoms with Crippen molar-refractivity contribution < 1.29 is 14.3 Å². The summed E-state index contributed by atoms with van der Waals surface area (Å²) in [7, 11) is 0. The molecule has 3 heterocycles. The lowest BCUT2D eigenvalue weighted by atomic mass is 9.86. The van der Waals surface area contributed by atoms with E-state index in [-0.39, 0.29) is 47.1 Å². The Morgan fingerprint density at radius 3 is 2.43 bits per heavy atom. The van der Waals surface area contributed by atoms with Crippen LogP contribution in [0.2, 0.25) is 0 Å². The number of carbonyl (C=O) groups excluding carboxylic acids is 2. The van der Waals surface area contributed by atoms with Crippen molar-refractivity contribution in [3.63, 3.8) is 0 Å². The van der Waals surface area contributed by atoms with Gasteiger partial charge in [-0.05, 0) is 43.9 Å². The van der Waals surface area contributed by atoms with Gasteiger partial charge in [-0.1, -0.05) is 6.92 Å². The second kappa shape index (κ2) is 8.66. The van der Waals surface area contributed by atoms with Gasteiger partial charge in [-0.2, -0.15) is 0 Å². The van der Waals surface area contributed by atoms with Crippen LogP contribution in [-0.2, 0) is 14.3 Å². The molecule has 3 aliphatic heterocycles. The van der Waals surface area contributed by atoms with Gasteiger partial charge in [0.25, 0.3) is 0 Å². The molecule has 4 fully saturated rings. The minimum Gasteiger partial charge on any atom is -0.380 e. The van der Waals surface area contributed by atoms with Gasteiger partial charge in [0, 0.05) is 29.8 Å². The predicted molar refractivity (Wildman–Crippen MR) is 108 cm³/mol. The summed E-state index contributed by atoms with van der Waals surface area (Å²) in [5, 5.41) is 3.72. The summed E-state index contributed by atoms with van der Waals surface area (Å²) in [5.74, 6) is 0.883. The Labute approximate surface area is 177 Å². The first kappa shape index (κ1) is 20.7. The van der Waals surface area contributed by atoms with Crippen molar-refractivity contribution in [1.29, 1.82) is 0 Å². The number of nitrogens with one attached hydrogen (secondary N) is 1. The molecule has 0 aromatic heterocycles. The number of ether oxygens (including phenoxy) is 1. The Morgan fingerprint density at radius 1 is 1.11 bits per heavy atom. The zero-order chi connectivity index (χ0) is 19.8. The highest BCUT2D eigenvalue weighted by molar-refractivity contribution is 6.21. The zero-order valence-corrected chi connectivity index (χ0v) is 18.0. The third kappa shape index (κ3) is 4.16. The van der Waals surface area contributed by atoms with Gasteiger partial charge in [-0.25, -0.2) is 0 Å². The number of amides is 2. The Morgan fingerprint density at radius 2 is 1.82 bits per heavy atom. The molecule has 4 aliphatic rings. The molecular weight excluding hydrogens is 401 g/mol. The van der Waals surface area contributed by atoms with Gasteiger partial charge in [0.05, 0.1) is 19.4 Å². The van der Waals surface area contributed by atoms with Gasteiger partial charge in [-0.15, -0.1) is 23.2 Å². The number of alkyl halides is 2. The SMILES string of the molecule is CC1CC(Cl)CNC1N1CC(=O)N(CC2CCC(Cl)CC2)[C@@H](C2COC2)C1=O. The Bertz CT molecular complexity index is 595. The predicted octanol–water partition coefficient (Wildman–Crippen LogP) is 2.03. The first-order chi connectivity index (χ1) is 13.4. The molecule has 3 saturated heterocycles. The first-order valence-electron chi connectivity index (χ1n) is 10.6. The molecule has 0 radical (unpaired) electrons. The average molecular weight is 432 g/mol. The maximum Gasteiger partial charge on any atom is 0.247 e. The van der Waals surface area contributed by atoms with Crippen molar-refractivity contribution in [2.75, 3.05) is 32.8 Å². The average Bonchev–Trinajstić information content (AvgIpc) is 2.61. The molecule has 0 spiro atoms. The molecule has 1 saturated carbocycles. The summed E-state index contributed by atoms with van der Waals surface area (Å²) in [4.78, 5) is 30.3. The Kier molecular flexibility index (Phi) is 6.41. The highest BCUT2D eigenvalue weighted by Gasteiger charge is 2.49.